The molecule has 0 amide bonds. The number of pyridine rings is 1. The lowest BCUT2D eigenvalue weighted by atomic mass is 9.94. The number of anilines is 1. The zero-order valence-corrected chi connectivity index (χ0v) is 21.8. The summed E-state index contributed by atoms with van der Waals surface area (Å²) in [5.74, 6) is 1.71. The fourth-order valence-electron chi connectivity index (χ4n) is 4.80. The van der Waals surface area contributed by atoms with E-state index in [0.29, 0.717) is 6.04 Å². The van der Waals surface area contributed by atoms with Gasteiger partial charge in [0.1, 0.15) is 11.6 Å². The van der Waals surface area contributed by atoms with Crippen LogP contribution in [0.4, 0.5) is 5.82 Å². The van der Waals surface area contributed by atoms with Crippen LogP contribution in [0.1, 0.15) is 36.8 Å². The first-order valence-corrected chi connectivity index (χ1v) is 12.8. The van der Waals surface area contributed by atoms with Crippen LogP contribution in [0.2, 0.25) is 0 Å². The van der Waals surface area contributed by atoms with Crippen molar-refractivity contribution in [1.29, 1.82) is 0 Å². The summed E-state index contributed by atoms with van der Waals surface area (Å²) >= 11 is 0. The normalized spacial score (nSPS) is 20.1. The zero-order chi connectivity index (χ0) is 25.5. The number of hydrogen-bond donors (Lipinski definition) is 3. The molecule has 190 valence electrons. The average Bonchev–Trinajstić information content (AvgIpc) is 2.92. The molecule has 2 aliphatic rings. The number of ether oxygens (including phenoxy) is 1. The van der Waals surface area contributed by atoms with Crippen LogP contribution in [-0.4, -0.2) is 56.3 Å². The van der Waals surface area contributed by atoms with Gasteiger partial charge in [-0.2, -0.15) is 0 Å². The van der Waals surface area contributed by atoms with Gasteiger partial charge >= 0.3 is 0 Å². The number of benzene rings is 1. The van der Waals surface area contributed by atoms with E-state index < -0.39 is 0 Å². The van der Waals surface area contributed by atoms with Crippen LogP contribution >= 0.6 is 0 Å². The van der Waals surface area contributed by atoms with Gasteiger partial charge in [0.25, 0.3) is 0 Å². The van der Waals surface area contributed by atoms with E-state index in [1.807, 2.05) is 25.1 Å². The monoisotopic (exact) mass is 485 g/mol. The maximum Gasteiger partial charge on any atom is 0.134 e. The Morgan fingerprint density at radius 2 is 2.08 bits per heavy atom. The van der Waals surface area contributed by atoms with Crippen LogP contribution in [-0.2, 0) is 4.74 Å². The van der Waals surface area contributed by atoms with Gasteiger partial charge in [0.05, 0.1) is 18.8 Å². The number of aromatic nitrogens is 1. The highest BCUT2D eigenvalue weighted by molar-refractivity contribution is 5.79. The molecule has 0 radical (unpaired) electrons. The van der Waals surface area contributed by atoms with Gasteiger partial charge in [-0.3, -0.25) is 0 Å². The molecule has 6 heteroatoms. The molecule has 2 aliphatic heterocycles. The van der Waals surface area contributed by atoms with Crippen LogP contribution in [0.3, 0.4) is 0 Å². The van der Waals surface area contributed by atoms with Gasteiger partial charge in [-0.1, -0.05) is 37.4 Å². The number of methoxy groups -OCH3 is 1. The molecule has 2 unspecified atom stereocenters. The third-order valence-corrected chi connectivity index (χ3v) is 6.80. The Morgan fingerprint density at radius 1 is 1.22 bits per heavy atom. The van der Waals surface area contributed by atoms with Gasteiger partial charge in [0, 0.05) is 50.2 Å². The first-order valence-electron chi connectivity index (χ1n) is 12.8. The zero-order valence-electron chi connectivity index (χ0n) is 21.8. The first-order chi connectivity index (χ1) is 17.5. The van der Waals surface area contributed by atoms with Crippen molar-refractivity contribution in [3.05, 3.63) is 84.9 Å². The van der Waals surface area contributed by atoms with Crippen LogP contribution in [0.5, 0.6) is 0 Å². The molecular formula is C30H39N5O. The van der Waals surface area contributed by atoms with Gasteiger partial charge in [-0.05, 0) is 67.1 Å². The molecule has 0 spiro atoms. The summed E-state index contributed by atoms with van der Waals surface area (Å²) in [5, 5.41) is 10.7. The molecule has 0 aliphatic carbocycles. The second kappa shape index (κ2) is 12.0. The molecule has 1 saturated heterocycles. The molecular weight excluding hydrogens is 446 g/mol. The molecule has 0 saturated carbocycles. The molecule has 1 aromatic heterocycles. The molecule has 0 bridgehead atoms. The lowest BCUT2D eigenvalue weighted by molar-refractivity contribution is 0.253. The number of nitrogens with zero attached hydrogens (tertiary/aromatic N) is 2. The van der Waals surface area contributed by atoms with E-state index in [9.17, 15) is 0 Å². The van der Waals surface area contributed by atoms with Crippen molar-refractivity contribution in [2.45, 2.75) is 37.8 Å². The van der Waals surface area contributed by atoms with E-state index >= 15 is 0 Å². The summed E-state index contributed by atoms with van der Waals surface area (Å²) in [6.07, 6.45) is 10.3. The number of nitrogens with one attached hydrogen (secondary N) is 3. The third-order valence-electron chi connectivity index (χ3n) is 6.80. The van der Waals surface area contributed by atoms with Crippen LogP contribution < -0.4 is 16.0 Å². The van der Waals surface area contributed by atoms with Crippen molar-refractivity contribution >= 4 is 17.0 Å². The summed E-state index contributed by atoms with van der Waals surface area (Å²) in [6, 6.07) is 13.3. The highest BCUT2D eigenvalue weighted by Crippen LogP contribution is 2.33. The summed E-state index contributed by atoms with van der Waals surface area (Å²) in [6.45, 7) is 10.1. The van der Waals surface area contributed by atoms with Crippen molar-refractivity contribution in [3.8, 4) is 11.3 Å². The molecule has 2 aromatic rings. The number of allylic oxidation sites excluding steroid dienone is 3. The SMILES string of the molecule is C=C/C(=C\N(C)C)c1cccc(-c2ccc(C3=CNC(C(=C)OC)CC3)c(NC3CCCNC3)n2)c1. The molecule has 3 heterocycles. The summed E-state index contributed by atoms with van der Waals surface area (Å²) in [7, 11) is 5.72. The van der Waals surface area contributed by atoms with Crippen molar-refractivity contribution < 1.29 is 4.74 Å². The molecule has 4 rings (SSSR count). The Labute approximate surface area is 215 Å². The van der Waals surface area contributed by atoms with Crippen molar-refractivity contribution in [2.24, 2.45) is 0 Å². The van der Waals surface area contributed by atoms with Crippen molar-refractivity contribution in [1.82, 2.24) is 20.5 Å². The van der Waals surface area contributed by atoms with Crippen LogP contribution in [0.25, 0.3) is 22.4 Å². The Morgan fingerprint density at radius 3 is 2.75 bits per heavy atom. The van der Waals surface area contributed by atoms with Crippen molar-refractivity contribution in [2.75, 3.05) is 39.6 Å². The van der Waals surface area contributed by atoms with E-state index in [-0.39, 0.29) is 6.04 Å². The minimum Gasteiger partial charge on any atom is -0.500 e. The van der Waals surface area contributed by atoms with E-state index in [4.69, 9.17) is 9.72 Å². The number of rotatable bonds is 9. The summed E-state index contributed by atoms with van der Waals surface area (Å²) < 4.78 is 5.34. The van der Waals surface area contributed by atoms with Crippen molar-refractivity contribution in [3.63, 3.8) is 0 Å². The summed E-state index contributed by atoms with van der Waals surface area (Å²) in [4.78, 5) is 7.20. The van der Waals surface area contributed by atoms with E-state index in [0.717, 1.165) is 71.9 Å². The highest BCUT2D eigenvalue weighted by Gasteiger charge is 2.22. The smallest absolute Gasteiger partial charge is 0.134 e. The predicted octanol–water partition coefficient (Wildman–Crippen LogP) is 5.25. The maximum atomic E-state index is 5.34. The topological polar surface area (TPSA) is 61.5 Å². The molecule has 1 fully saturated rings. The average molecular weight is 486 g/mol. The fraction of sp³-hybridized carbons (Fsp3) is 0.367. The molecule has 6 nitrogen and oxygen atoms in total. The molecule has 1 aromatic carbocycles. The molecule has 2 atom stereocenters. The Bertz CT molecular complexity index is 1140. The summed E-state index contributed by atoms with van der Waals surface area (Å²) in [5.41, 5.74) is 6.64. The minimum atomic E-state index is 0.141. The first kappa shape index (κ1) is 25.6. The Hall–Kier alpha value is -3.51. The van der Waals surface area contributed by atoms with Gasteiger partial charge < -0.3 is 25.6 Å². The molecule has 36 heavy (non-hydrogen) atoms. The van der Waals surface area contributed by atoms with Gasteiger partial charge in [0.2, 0.25) is 0 Å². The van der Waals surface area contributed by atoms with E-state index in [2.05, 4.69) is 77.9 Å². The lowest BCUT2D eigenvalue weighted by Crippen LogP contribution is -2.39. The van der Waals surface area contributed by atoms with Gasteiger partial charge in [-0.25, -0.2) is 4.98 Å². The third kappa shape index (κ3) is 6.18. The van der Waals surface area contributed by atoms with E-state index in [1.54, 1.807) is 7.11 Å². The van der Waals surface area contributed by atoms with E-state index in [1.165, 1.54) is 12.0 Å². The number of piperidine rings is 1. The Kier molecular flexibility index (Phi) is 8.49. The quantitative estimate of drug-likeness (QED) is 0.333. The second-order valence-electron chi connectivity index (χ2n) is 9.71. The predicted molar refractivity (Wildman–Crippen MR) is 151 cm³/mol. The van der Waals surface area contributed by atoms with Crippen LogP contribution in [0, 0.1) is 0 Å². The number of hydrogen-bond acceptors (Lipinski definition) is 6. The standard InChI is InChI=1S/C30H39N5O/c1-6-22(20-35(3)4)23-9-7-10-24(17-23)29-15-13-27(25-12-14-28(32-18-25)21(2)36-5)30(34-29)33-26-11-8-16-31-19-26/h6-7,9-10,13,15,17-18,20,26,28,31-32H,1-2,8,11-12,14,16,19H2,3-5H3,(H,33,34)/b22-20+. The highest BCUT2D eigenvalue weighted by atomic mass is 16.5. The molecule has 3 N–H and O–H groups in total. The Balaban J connectivity index is 1.68. The maximum absolute atomic E-state index is 5.34. The van der Waals surface area contributed by atoms with Gasteiger partial charge in [0.15, 0.2) is 0 Å². The van der Waals surface area contributed by atoms with Gasteiger partial charge in [-0.15, -0.1) is 0 Å². The fourth-order valence-corrected chi connectivity index (χ4v) is 4.80. The largest absolute Gasteiger partial charge is 0.500 e. The second-order valence-corrected chi connectivity index (χ2v) is 9.71. The lowest BCUT2D eigenvalue weighted by Gasteiger charge is -2.28. The van der Waals surface area contributed by atoms with Crippen LogP contribution in [0.15, 0.2) is 73.8 Å². The minimum absolute atomic E-state index is 0.141.